The number of anilines is 1. The number of nitrogens with two attached hydrogens (primary N) is 2. The molecular weight excluding hydrogens is 750 g/mol. The molecule has 58 heavy (non-hydrogen) atoms. The number of hydrogen-bond donors (Lipinski definition) is 4. The topological polar surface area (TPSA) is 207 Å². The van der Waals surface area contributed by atoms with Gasteiger partial charge in [0.2, 0.25) is 23.6 Å². The summed E-state index contributed by atoms with van der Waals surface area (Å²) < 4.78 is 23.5. The van der Waals surface area contributed by atoms with Crippen molar-refractivity contribution in [3.05, 3.63) is 101 Å². The molecule has 3 aromatic rings. The standard InChI is InChI=1S/C42H52FN7O8/c1-5-33(46-39(55)57-3)35(51)49-23-7-21-41(49,37(44)53)29-13-9-27(10-14-29)25-48(32-19-17-31(43)18-20-32)26-28-11-15-30(16-12-28)42(38(45)54)22-8-24-50(42)36(52)34(6-2)47-40(56)58-4/h9-20,33-34H,5-8,21-26H2,1-4H3,(H2,44,53)(H2,45,54)(H,46,55)(H,47,56)/t33-,34-,41-,42-/m0/s1. The summed E-state index contributed by atoms with van der Waals surface area (Å²) >= 11 is 0. The largest absolute Gasteiger partial charge is 0.453 e. The molecule has 0 spiro atoms. The van der Waals surface area contributed by atoms with Crippen LogP contribution in [0.4, 0.5) is 19.7 Å². The lowest BCUT2D eigenvalue weighted by Crippen LogP contribution is -2.58. The number of alkyl carbamates (subject to hydrolysis) is 2. The monoisotopic (exact) mass is 801 g/mol. The lowest BCUT2D eigenvalue weighted by molar-refractivity contribution is -0.145. The first-order valence-electron chi connectivity index (χ1n) is 19.4. The molecule has 4 atom stereocenters. The number of ether oxygens (including phenoxy) is 2. The van der Waals surface area contributed by atoms with Crippen LogP contribution in [0.1, 0.15) is 74.6 Å². The van der Waals surface area contributed by atoms with Crippen LogP contribution in [0, 0.1) is 5.82 Å². The lowest BCUT2D eigenvalue weighted by atomic mass is 9.85. The van der Waals surface area contributed by atoms with Gasteiger partial charge in [-0.3, -0.25) is 19.2 Å². The zero-order valence-electron chi connectivity index (χ0n) is 33.3. The van der Waals surface area contributed by atoms with Crippen LogP contribution < -0.4 is 27.0 Å². The zero-order valence-corrected chi connectivity index (χ0v) is 33.3. The molecule has 0 unspecified atom stereocenters. The third-order valence-electron chi connectivity index (χ3n) is 11.3. The Balaban J connectivity index is 1.40. The third kappa shape index (κ3) is 8.55. The van der Waals surface area contributed by atoms with E-state index in [-0.39, 0.29) is 25.9 Å². The highest BCUT2D eigenvalue weighted by atomic mass is 19.1. The minimum absolute atomic E-state index is 0.278. The molecule has 15 nitrogen and oxygen atoms in total. The van der Waals surface area contributed by atoms with E-state index >= 15 is 0 Å². The first kappa shape index (κ1) is 42.9. The van der Waals surface area contributed by atoms with Crippen LogP contribution in [0.5, 0.6) is 0 Å². The maximum absolute atomic E-state index is 14.1. The van der Waals surface area contributed by atoms with E-state index in [9.17, 15) is 33.2 Å². The molecule has 0 aliphatic carbocycles. The molecule has 0 bridgehead atoms. The Kier molecular flexibility index (Phi) is 13.6. The molecule has 310 valence electrons. The van der Waals surface area contributed by atoms with Crippen LogP contribution in [0.3, 0.4) is 0 Å². The molecule has 2 aliphatic rings. The Morgan fingerprint density at radius 3 is 1.38 bits per heavy atom. The van der Waals surface area contributed by atoms with E-state index in [1.807, 2.05) is 29.2 Å². The number of nitrogens with one attached hydrogen (secondary N) is 2. The summed E-state index contributed by atoms with van der Waals surface area (Å²) in [6.07, 6.45) is 0.728. The van der Waals surface area contributed by atoms with E-state index < -0.39 is 64.8 Å². The number of halogens is 1. The molecule has 0 radical (unpaired) electrons. The van der Waals surface area contributed by atoms with E-state index in [0.29, 0.717) is 49.9 Å². The van der Waals surface area contributed by atoms with Gasteiger partial charge in [-0.05, 0) is 85.0 Å². The van der Waals surface area contributed by atoms with Gasteiger partial charge in [0.25, 0.3) is 0 Å². The number of likely N-dealkylation sites (tertiary alicyclic amines) is 2. The van der Waals surface area contributed by atoms with Crippen LogP contribution in [0.2, 0.25) is 0 Å². The van der Waals surface area contributed by atoms with Gasteiger partial charge in [0.1, 0.15) is 29.0 Å². The Morgan fingerprint density at radius 2 is 1.05 bits per heavy atom. The Hall–Kier alpha value is -6.19. The van der Waals surface area contributed by atoms with E-state index in [4.69, 9.17) is 20.9 Å². The van der Waals surface area contributed by atoms with Crippen LogP contribution in [0.15, 0.2) is 72.8 Å². The second-order valence-electron chi connectivity index (χ2n) is 14.6. The summed E-state index contributed by atoms with van der Waals surface area (Å²) in [6.45, 7) is 4.77. The molecule has 5 rings (SSSR count). The summed E-state index contributed by atoms with van der Waals surface area (Å²) in [5, 5.41) is 5.10. The van der Waals surface area contributed by atoms with Gasteiger partial charge in [-0.1, -0.05) is 62.4 Å². The van der Waals surface area contributed by atoms with Crippen molar-refractivity contribution >= 4 is 41.5 Å². The second-order valence-corrected chi connectivity index (χ2v) is 14.6. The van der Waals surface area contributed by atoms with Crippen LogP contribution >= 0.6 is 0 Å². The van der Waals surface area contributed by atoms with Gasteiger partial charge in [-0.15, -0.1) is 0 Å². The van der Waals surface area contributed by atoms with E-state index in [1.165, 1.54) is 36.2 Å². The molecular formula is C42H52FN7O8. The van der Waals surface area contributed by atoms with Crippen molar-refractivity contribution in [3.8, 4) is 0 Å². The number of rotatable bonds is 15. The average molecular weight is 802 g/mol. The Bertz CT molecular complexity index is 1860. The molecule has 2 aliphatic heterocycles. The number of methoxy groups -OCH3 is 2. The molecule has 0 saturated carbocycles. The molecule has 3 aromatic carbocycles. The van der Waals surface area contributed by atoms with Gasteiger partial charge in [0.05, 0.1) is 14.2 Å². The van der Waals surface area contributed by atoms with Crippen LogP contribution in [-0.2, 0) is 52.8 Å². The number of nitrogens with zero attached hydrogens (tertiary/aromatic N) is 3. The van der Waals surface area contributed by atoms with Gasteiger partial charge in [0.15, 0.2) is 0 Å². The fourth-order valence-electron chi connectivity index (χ4n) is 8.19. The predicted octanol–water partition coefficient (Wildman–Crippen LogP) is 3.91. The van der Waals surface area contributed by atoms with Crippen molar-refractivity contribution in [2.75, 3.05) is 32.2 Å². The van der Waals surface area contributed by atoms with Crippen LogP contribution in [0.25, 0.3) is 0 Å². The molecule has 6 amide bonds. The number of carbonyl (C=O) groups excluding carboxylic acids is 6. The van der Waals surface area contributed by atoms with Crippen molar-refractivity contribution in [1.82, 2.24) is 20.4 Å². The van der Waals surface area contributed by atoms with Crippen molar-refractivity contribution in [3.63, 3.8) is 0 Å². The number of hydrogen-bond acceptors (Lipinski definition) is 9. The summed E-state index contributed by atoms with van der Waals surface area (Å²) in [5.74, 6) is -2.62. The van der Waals surface area contributed by atoms with Crippen molar-refractivity contribution in [2.45, 2.75) is 88.6 Å². The number of amides is 6. The number of carbonyl (C=O) groups is 6. The van der Waals surface area contributed by atoms with E-state index in [0.717, 1.165) is 16.8 Å². The maximum atomic E-state index is 14.1. The number of primary amides is 2. The van der Waals surface area contributed by atoms with Gasteiger partial charge in [-0.2, -0.15) is 0 Å². The van der Waals surface area contributed by atoms with E-state index in [2.05, 4.69) is 10.6 Å². The zero-order chi connectivity index (χ0) is 42.2. The highest BCUT2D eigenvalue weighted by Gasteiger charge is 2.52. The smallest absolute Gasteiger partial charge is 0.407 e. The summed E-state index contributed by atoms with van der Waals surface area (Å²) in [5.41, 5.74) is 12.8. The quantitative estimate of drug-likeness (QED) is 0.176. The minimum Gasteiger partial charge on any atom is -0.453 e. The van der Waals surface area contributed by atoms with Gasteiger partial charge in [-0.25, -0.2) is 14.0 Å². The summed E-state index contributed by atoms with van der Waals surface area (Å²) in [4.78, 5) is 82.8. The SMILES string of the molecule is CC[C@H](NC(=O)OC)C(=O)N1CCC[C@@]1(C(N)=O)c1ccc(CN(Cc2ccc([C@]3(C(N)=O)CCCN3C(=O)[C@H](CC)NC(=O)OC)cc2)c2ccc(F)cc2)cc1. The fourth-order valence-corrected chi connectivity index (χ4v) is 8.19. The first-order valence-corrected chi connectivity index (χ1v) is 19.4. The molecule has 6 N–H and O–H groups in total. The second kappa shape index (κ2) is 18.4. The van der Waals surface area contributed by atoms with Gasteiger partial charge in [0, 0.05) is 31.9 Å². The Labute approximate surface area is 337 Å². The van der Waals surface area contributed by atoms with Crippen molar-refractivity contribution < 1.29 is 42.6 Å². The van der Waals surface area contributed by atoms with Gasteiger partial charge < -0.3 is 46.3 Å². The summed E-state index contributed by atoms with van der Waals surface area (Å²) in [7, 11) is 2.41. The highest BCUT2D eigenvalue weighted by Crippen LogP contribution is 2.41. The first-order chi connectivity index (χ1) is 27.7. The lowest BCUT2D eigenvalue weighted by Gasteiger charge is -2.38. The van der Waals surface area contributed by atoms with E-state index in [1.54, 1.807) is 50.2 Å². The Morgan fingerprint density at radius 1 is 0.672 bits per heavy atom. The molecule has 2 heterocycles. The number of benzene rings is 3. The van der Waals surface area contributed by atoms with Crippen molar-refractivity contribution in [2.24, 2.45) is 11.5 Å². The van der Waals surface area contributed by atoms with Crippen molar-refractivity contribution in [1.29, 1.82) is 0 Å². The third-order valence-corrected chi connectivity index (χ3v) is 11.3. The van der Waals surface area contributed by atoms with Gasteiger partial charge >= 0.3 is 12.2 Å². The fraction of sp³-hybridized carbons (Fsp3) is 0.429. The predicted molar refractivity (Wildman–Crippen MR) is 212 cm³/mol. The normalized spacial score (nSPS) is 19.8. The molecule has 2 saturated heterocycles. The summed E-state index contributed by atoms with van der Waals surface area (Å²) in [6, 6.07) is 18.8. The maximum Gasteiger partial charge on any atom is 0.407 e. The molecule has 0 aromatic heterocycles. The molecule has 16 heteroatoms. The average Bonchev–Trinajstić information content (AvgIpc) is 3.89. The minimum atomic E-state index is -1.42. The van der Waals surface area contributed by atoms with Crippen LogP contribution in [-0.4, -0.2) is 85.0 Å². The molecule has 2 fully saturated rings. The highest BCUT2D eigenvalue weighted by molar-refractivity contribution is 5.96.